The maximum atomic E-state index is 12.4. The maximum Gasteiger partial charge on any atom is 0.573 e. The first-order valence-corrected chi connectivity index (χ1v) is 12.4. The quantitative estimate of drug-likeness (QED) is 0.214. The van der Waals surface area contributed by atoms with E-state index in [1.54, 1.807) is 36.4 Å². The first kappa shape index (κ1) is 26.3. The Morgan fingerprint density at radius 2 is 1.41 bits per heavy atom. The van der Waals surface area contributed by atoms with Gasteiger partial charge < -0.3 is 14.4 Å². The predicted octanol–water partition coefficient (Wildman–Crippen LogP) is 6.93. The van der Waals surface area contributed by atoms with E-state index in [2.05, 4.69) is 14.8 Å². The highest BCUT2D eigenvalue weighted by molar-refractivity contribution is 7.81. The van der Waals surface area contributed by atoms with Crippen molar-refractivity contribution in [1.82, 2.24) is 14.8 Å². The van der Waals surface area contributed by atoms with Gasteiger partial charge in [0, 0.05) is 18.4 Å². The molecule has 2 aliphatic carbocycles. The number of anilines is 1. The van der Waals surface area contributed by atoms with E-state index in [1.807, 2.05) is 24.3 Å². The number of ether oxygens (including phenoxy) is 1. The zero-order valence-corrected chi connectivity index (χ0v) is 21.7. The fraction of sp³-hybridized carbons (Fsp3) is 0.111. The van der Waals surface area contributed by atoms with Gasteiger partial charge in [-0.15, -0.1) is 18.3 Å². The van der Waals surface area contributed by atoms with Crippen LogP contribution in [0.5, 0.6) is 5.75 Å². The Hall–Kier alpha value is -4.29. The van der Waals surface area contributed by atoms with Crippen LogP contribution in [0.1, 0.15) is 12.8 Å². The summed E-state index contributed by atoms with van der Waals surface area (Å²) in [4.78, 5) is 17.6. The van der Waals surface area contributed by atoms with Crippen LogP contribution in [0.4, 0.5) is 18.9 Å². The van der Waals surface area contributed by atoms with Crippen LogP contribution in [0.2, 0.25) is 0 Å². The second-order valence-corrected chi connectivity index (χ2v) is 9.20. The lowest BCUT2D eigenvalue weighted by molar-refractivity contribution is -0.274. The van der Waals surface area contributed by atoms with Gasteiger partial charge in [0.1, 0.15) is 17.8 Å². The van der Waals surface area contributed by atoms with Crippen molar-refractivity contribution in [3.05, 3.63) is 103 Å². The van der Waals surface area contributed by atoms with Crippen LogP contribution in [-0.2, 0) is 9.68 Å². The molecule has 2 aromatic carbocycles. The second kappa shape index (κ2) is 11.2. The van der Waals surface area contributed by atoms with Gasteiger partial charge in [-0.1, -0.05) is 48.7 Å². The Balaban J connectivity index is 1.35. The number of alkyl halides is 3. The molecule has 0 fully saturated rings. The van der Waals surface area contributed by atoms with Gasteiger partial charge in [-0.2, -0.15) is 0 Å². The fourth-order valence-electron chi connectivity index (χ4n) is 3.57. The highest BCUT2D eigenvalue weighted by Crippen LogP contribution is 2.27. The molecule has 2 aliphatic rings. The lowest BCUT2D eigenvalue weighted by Crippen LogP contribution is -2.27. The number of benzene rings is 2. The summed E-state index contributed by atoms with van der Waals surface area (Å²) in [6.45, 7) is 0. The van der Waals surface area contributed by atoms with Crippen LogP contribution >= 0.6 is 24.4 Å². The van der Waals surface area contributed by atoms with Crippen LogP contribution in [-0.4, -0.2) is 30.9 Å². The van der Waals surface area contributed by atoms with Crippen molar-refractivity contribution in [2.24, 2.45) is 0 Å². The number of allylic oxidation sites excluding steroid dienone is 8. The van der Waals surface area contributed by atoms with Crippen LogP contribution in [0, 0.1) is 0 Å². The van der Waals surface area contributed by atoms with Gasteiger partial charge in [0.2, 0.25) is 0 Å². The summed E-state index contributed by atoms with van der Waals surface area (Å²) in [5, 5.41) is 5.69. The number of halogens is 3. The minimum absolute atomic E-state index is 0.322. The van der Waals surface area contributed by atoms with Crippen molar-refractivity contribution in [2.75, 3.05) is 5.23 Å². The van der Waals surface area contributed by atoms with Crippen molar-refractivity contribution in [3.8, 4) is 22.8 Å². The van der Waals surface area contributed by atoms with Crippen LogP contribution in [0.15, 0.2) is 103 Å². The number of thiocarbonyl (C=S) groups is 2. The van der Waals surface area contributed by atoms with E-state index >= 15 is 0 Å². The largest absolute Gasteiger partial charge is 0.573 e. The molecule has 0 aliphatic heterocycles. The number of hydrogen-bond acceptors (Lipinski definition) is 8. The third-order valence-corrected chi connectivity index (χ3v) is 6.18. The summed E-state index contributed by atoms with van der Waals surface area (Å²) in [5.74, 6) is 1.06. The Morgan fingerprint density at radius 1 is 0.821 bits per heavy atom. The maximum absolute atomic E-state index is 12.4. The molecule has 0 spiro atoms. The number of rotatable bonds is 8. The van der Waals surface area contributed by atoms with Crippen LogP contribution < -0.4 is 9.96 Å². The summed E-state index contributed by atoms with van der Waals surface area (Å²) in [6.07, 6.45) is 9.02. The van der Waals surface area contributed by atoms with Crippen LogP contribution in [0.3, 0.4) is 0 Å². The molecule has 0 amide bonds. The third-order valence-electron chi connectivity index (χ3n) is 5.45. The molecule has 5 rings (SSSR count). The van der Waals surface area contributed by atoms with Crippen LogP contribution in [0.25, 0.3) is 17.1 Å². The topological polar surface area (TPSA) is 61.6 Å². The molecule has 12 heteroatoms. The average molecular weight is 569 g/mol. The Bertz CT molecular complexity index is 1460. The van der Waals surface area contributed by atoms with Crippen molar-refractivity contribution >= 4 is 39.9 Å². The summed E-state index contributed by atoms with van der Waals surface area (Å²) in [6, 6.07) is 12.4. The Kier molecular flexibility index (Phi) is 7.57. The van der Waals surface area contributed by atoms with Crippen molar-refractivity contribution < 1.29 is 27.6 Å². The highest BCUT2D eigenvalue weighted by atomic mass is 32.1. The number of hydrogen-bond donors (Lipinski definition) is 0. The van der Waals surface area contributed by atoms with Gasteiger partial charge in [-0.25, -0.2) is 9.67 Å². The Morgan fingerprint density at radius 3 is 1.95 bits per heavy atom. The molecule has 1 aromatic heterocycles. The molecule has 7 nitrogen and oxygen atoms in total. The first-order valence-electron chi connectivity index (χ1n) is 11.6. The summed E-state index contributed by atoms with van der Waals surface area (Å²) in [7, 11) is 0. The highest BCUT2D eigenvalue weighted by Gasteiger charge is 2.31. The van der Waals surface area contributed by atoms with E-state index in [-0.39, 0.29) is 5.75 Å². The van der Waals surface area contributed by atoms with Crippen molar-refractivity contribution in [2.45, 2.75) is 19.2 Å². The summed E-state index contributed by atoms with van der Waals surface area (Å²) in [5.41, 5.74) is 1.78. The number of nitrogens with zero attached hydrogens (tertiary/aromatic N) is 4. The molecule has 0 saturated carbocycles. The minimum atomic E-state index is -4.76. The summed E-state index contributed by atoms with van der Waals surface area (Å²) >= 11 is 10.9. The fourth-order valence-corrected chi connectivity index (χ4v) is 3.97. The average Bonchev–Trinajstić information content (AvgIpc) is 3.41. The van der Waals surface area contributed by atoms with Gasteiger partial charge in [0.15, 0.2) is 17.3 Å². The molecule has 3 aromatic rings. The Labute approximate surface area is 232 Å². The molecule has 198 valence electrons. The van der Waals surface area contributed by atoms with E-state index in [0.717, 1.165) is 0 Å². The van der Waals surface area contributed by atoms with Gasteiger partial charge in [0.25, 0.3) is 0 Å². The SMILES string of the molecule is FC(F)(F)Oc1ccc(-n2cnc(-c3ccc(N(OC4=CC=CCC4=S)OC4=CC=CCC4=S)cc3)n2)cc1. The zero-order chi connectivity index (χ0) is 27.4. The molecule has 0 radical (unpaired) electrons. The minimum Gasteiger partial charge on any atom is -0.406 e. The molecule has 0 unspecified atom stereocenters. The smallest absolute Gasteiger partial charge is 0.406 e. The monoisotopic (exact) mass is 568 g/mol. The van der Waals surface area contributed by atoms with Gasteiger partial charge in [0.05, 0.1) is 15.4 Å². The van der Waals surface area contributed by atoms with Gasteiger partial charge in [-0.3, -0.25) is 0 Å². The molecule has 1 heterocycles. The molecule has 39 heavy (non-hydrogen) atoms. The third kappa shape index (κ3) is 6.59. The van der Waals surface area contributed by atoms with E-state index < -0.39 is 6.36 Å². The van der Waals surface area contributed by atoms with E-state index in [0.29, 0.717) is 56.9 Å². The van der Waals surface area contributed by atoms with E-state index in [1.165, 1.54) is 40.5 Å². The molecular weight excluding hydrogens is 549 g/mol. The first-order chi connectivity index (χ1) is 18.7. The molecule has 0 bridgehead atoms. The molecule has 0 saturated heterocycles. The van der Waals surface area contributed by atoms with E-state index in [9.17, 15) is 13.2 Å². The number of aromatic nitrogens is 3. The van der Waals surface area contributed by atoms with Crippen molar-refractivity contribution in [3.63, 3.8) is 0 Å². The van der Waals surface area contributed by atoms with E-state index in [4.69, 9.17) is 34.1 Å². The standard InChI is InChI=1S/C27H19F3N4O3S2/c28-27(29,30)35-21-15-13-19(14-16-21)33-17-31-26(32-33)18-9-11-20(12-10-18)34(36-22-5-1-3-7-24(22)38)37-23-6-2-4-8-25(23)39/h1-6,9-17H,7-8H2. The lowest BCUT2D eigenvalue weighted by atomic mass is 10.1. The van der Waals surface area contributed by atoms with Gasteiger partial charge in [-0.05, 0) is 65.9 Å². The zero-order valence-electron chi connectivity index (χ0n) is 20.0. The molecular formula is C27H19F3N4O3S2. The van der Waals surface area contributed by atoms with Gasteiger partial charge >= 0.3 is 6.36 Å². The summed E-state index contributed by atoms with van der Waals surface area (Å²) < 4.78 is 42.6. The van der Waals surface area contributed by atoms with Crippen molar-refractivity contribution in [1.29, 1.82) is 0 Å². The predicted molar refractivity (Wildman–Crippen MR) is 147 cm³/mol. The normalized spacial score (nSPS) is 15.1. The lowest BCUT2D eigenvalue weighted by Gasteiger charge is -2.27. The molecule has 0 N–H and O–H groups in total. The second-order valence-electron chi connectivity index (χ2n) is 8.21. The molecule has 0 atom stereocenters.